The number of hydrogen-bond donors (Lipinski definition) is 3. The maximum Gasteiger partial charge on any atom is 0.573 e. The molecule has 1 atom stereocenters. The highest BCUT2D eigenvalue weighted by atomic mass is 127. The van der Waals surface area contributed by atoms with Crippen LogP contribution in [0.3, 0.4) is 0 Å². The summed E-state index contributed by atoms with van der Waals surface area (Å²) in [6.07, 6.45) is -3.71. The molecule has 168 valence electrons. The van der Waals surface area contributed by atoms with Gasteiger partial charge < -0.3 is 25.8 Å². The van der Waals surface area contributed by atoms with Crippen molar-refractivity contribution in [3.05, 3.63) is 54.1 Å². The van der Waals surface area contributed by atoms with Crippen molar-refractivity contribution in [2.24, 2.45) is 10.7 Å². The van der Waals surface area contributed by atoms with Crippen molar-refractivity contribution in [2.45, 2.75) is 31.9 Å². The number of para-hydroxylation sites is 2. The van der Waals surface area contributed by atoms with E-state index in [-0.39, 0.29) is 48.1 Å². The molecule has 1 amide bonds. The molecule has 4 N–H and O–H groups in total. The summed E-state index contributed by atoms with van der Waals surface area (Å²) in [4.78, 5) is 16.3. The van der Waals surface area contributed by atoms with Gasteiger partial charge in [-0.3, -0.25) is 4.79 Å². The largest absolute Gasteiger partial charge is 0.573 e. The van der Waals surface area contributed by atoms with Crippen molar-refractivity contribution in [1.82, 2.24) is 0 Å². The maximum absolute atomic E-state index is 12.5. The van der Waals surface area contributed by atoms with Crippen molar-refractivity contribution in [3.63, 3.8) is 0 Å². The summed E-state index contributed by atoms with van der Waals surface area (Å²) in [5.41, 5.74) is 7.19. The molecule has 0 saturated carbocycles. The fourth-order valence-corrected chi connectivity index (χ4v) is 2.89. The third kappa shape index (κ3) is 7.90. The summed E-state index contributed by atoms with van der Waals surface area (Å²) >= 11 is 0. The first kappa shape index (κ1) is 24.7. The van der Waals surface area contributed by atoms with E-state index in [0.29, 0.717) is 18.7 Å². The van der Waals surface area contributed by atoms with Crippen LogP contribution < -0.4 is 21.1 Å². The fourth-order valence-electron chi connectivity index (χ4n) is 2.89. The van der Waals surface area contributed by atoms with Gasteiger partial charge in [0.15, 0.2) is 11.7 Å². The second-order valence-electron chi connectivity index (χ2n) is 6.56. The first-order valence-electron chi connectivity index (χ1n) is 9.23. The molecular formula is C20H22F3IN4O3. The third-order valence-electron chi connectivity index (χ3n) is 4.22. The molecule has 1 unspecified atom stereocenters. The van der Waals surface area contributed by atoms with Crippen LogP contribution in [-0.2, 0) is 16.1 Å². The van der Waals surface area contributed by atoms with E-state index in [0.717, 1.165) is 12.0 Å². The molecule has 1 aliphatic rings. The van der Waals surface area contributed by atoms with E-state index < -0.39 is 18.2 Å². The molecule has 11 heteroatoms. The van der Waals surface area contributed by atoms with Crippen molar-refractivity contribution < 1.29 is 27.4 Å². The van der Waals surface area contributed by atoms with Gasteiger partial charge in [0.25, 0.3) is 5.91 Å². The lowest BCUT2D eigenvalue weighted by molar-refractivity contribution is -0.274. The number of amides is 1. The molecule has 0 bridgehead atoms. The van der Waals surface area contributed by atoms with E-state index in [1.165, 1.54) is 18.2 Å². The highest BCUT2D eigenvalue weighted by molar-refractivity contribution is 14.0. The maximum atomic E-state index is 12.5. The molecule has 31 heavy (non-hydrogen) atoms. The van der Waals surface area contributed by atoms with E-state index in [1.54, 1.807) is 30.3 Å². The zero-order chi connectivity index (χ0) is 21.6. The SMILES string of the molecule is I.NC(=NCc1cccc(NC(=O)C2CCCO2)c1)Nc1ccccc1OC(F)(F)F. The number of alkyl halides is 3. The minimum Gasteiger partial charge on any atom is -0.404 e. The highest BCUT2D eigenvalue weighted by Gasteiger charge is 2.32. The lowest BCUT2D eigenvalue weighted by Crippen LogP contribution is -2.26. The molecule has 1 heterocycles. The molecule has 2 aromatic rings. The van der Waals surface area contributed by atoms with Crippen molar-refractivity contribution in [3.8, 4) is 5.75 Å². The number of carbonyl (C=O) groups is 1. The number of halogens is 4. The van der Waals surface area contributed by atoms with Crippen LogP contribution in [0.4, 0.5) is 24.5 Å². The van der Waals surface area contributed by atoms with Gasteiger partial charge in [-0.2, -0.15) is 0 Å². The van der Waals surface area contributed by atoms with Crippen molar-refractivity contribution in [1.29, 1.82) is 0 Å². The third-order valence-corrected chi connectivity index (χ3v) is 4.22. The Kier molecular flexibility index (Phi) is 8.92. The quantitative estimate of drug-likeness (QED) is 0.284. The Balaban J connectivity index is 0.00000341. The Bertz CT molecular complexity index is 919. The topological polar surface area (TPSA) is 98.0 Å². The number of nitrogens with zero attached hydrogens (tertiary/aromatic N) is 1. The van der Waals surface area contributed by atoms with Gasteiger partial charge in [0, 0.05) is 12.3 Å². The van der Waals surface area contributed by atoms with Crippen LogP contribution in [-0.4, -0.2) is 30.9 Å². The molecule has 1 fully saturated rings. The standard InChI is InChI=1S/C20H21F3N4O3.HI/c21-20(22,23)30-16-8-2-1-7-15(16)27-19(24)25-12-13-5-3-6-14(11-13)26-18(28)17-9-4-10-29-17;/h1-3,5-8,11,17H,4,9-10,12H2,(H,26,28)(H3,24,25,27);1H. The van der Waals surface area contributed by atoms with Gasteiger partial charge in [-0.1, -0.05) is 24.3 Å². The van der Waals surface area contributed by atoms with Gasteiger partial charge >= 0.3 is 6.36 Å². The molecule has 1 aliphatic heterocycles. The summed E-state index contributed by atoms with van der Waals surface area (Å²) in [5.74, 6) is -0.695. The summed E-state index contributed by atoms with van der Waals surface area (Å²) in [6.45, 7) is 0.737. The number of rotatable bonds is 6. The van der Waals surface area contributed by atoms with Gasteiger partial charge in [0.05, 0.1) is 12.2 Å². The molecule has 0 aromatic heterocycles. The van der Waals surface area contributed by atoms with Gasteiger partial charge in [0.1, 0.15) is 6.10 Å². The van der Waals surface area contributed by atoms with Crippen LogP contribution in [0.2, 0.25) is 0 Å². The van der Waals surface area contributed by atoms with E-state index in [2.05, 4.69) is 20.4 Å². The lowest BCUT2D eigenvalue weighted by Gasteiger charge is -2.14. The predicted molar refractivity (Wildman–Crippen MR) is 122 cm³/mol. The Morgan fingerprint density at radius 2 is 1.97 bits per heavy atom. The van der Waals surface area contributed by atoms with Crippen molar-refractivity contribution >= 4 is 47.2 Å². The van der Waals surface area contributed by atoms with Gasteiger partial charge in [-0.05, 0) is 42.7 Å². The summed E-state index contributed by atoms with van der Waals surface area (Å²) < 4.78 is 46.8. The smallest absolute Gasteiger partial charge is 0.404 e. The minimum atomic E-state index is -4.82. The van der Waals surface area contributed by atoms with E-state index in [9.17, 15) is 18.0 Å². The average Bonchev–Trinajstić information content (AvgIpc) is 3.22. The first-order valence-corrected chi connectivity index (χ1v) is 9.23. The number of nitrogens with two attached hydrogens (primary N) is 1. The van der Waals surface area contributed by atoms with Crippen molar-refractivity contribution in [2.75, 3.05) is 17.2 Å². The van der Waals surface area contributed by atoms with Crippen LogP contribution >= 0.6 is 24.0 Å². The Labute approximate surface area is 194 Å². The molecule has 0 spiro atoms. The Morgan fingerprint density at radius 3 is 2.68 bits per heavy atom. The number of ether oxygens (including phenoxy) is 2. The van der Waals surface area contributed by atoms with Crippen LogP contribution in [0.25, 0.3) is 0 Å². The number of guanidine groups is 1. The first-order chi connectivity index (χ1) is 14.3. The zero-order valence-corrected chi connectivity index (χ0v) is 18.6. The minimum absolute atomic E-state index is 0. The Hall–Kier alpha value is -2.54. The number of carbonyl (C=O) groups excluding carboxylic acids is 1. The van der Waals surface area contributed by atoms with Gasteiger partial charge in [0.2, 0.25) is 0 Å². The molecular weight excluding hydrogens is 528 g/mol. The number of hydrogen-bond acceptors (Lipinski definition) is 4. The van der Waals surface area contributed by atoms with Crippen LogP contribution in [0, 0.1) is 0 Å². The summed E-state index contributed by atoms with van der Waals surface area (Å²) in [7, 11) is 0. The molecule has 0 aliphatic carbocycles. The lowest BCUT2D eigenvalue weighted by atomic mass is 10.2. The normalized spacial score (nSPS) is 16.4. The zero-order valence-electron chi connectivity index (χ0n) is 16.3. The molecule has 7 nitrogen and oxygen atoms in total. The monoisotopic (exact) mass is 550 g/mol. The molecule has 3 rings (SSSR count). The van der Waals surface area contributed by atoms with Gasteiger partial charge in [-0.25, -0.2) is 4.99 Å². The van der Waals surface area contributed by atoms with E-state index in [1.807, 2.05) is 0 Å². The van der Waals surface area contributed by atoms with Crippen LogP contribution in [0.1, 0.15) is 18.4 Å². The van der Waals surface area contributed by atoms with E-state index >= 15 is 0 Å². The number of aliphatic imine (C=N–C) groups is 1. The van der Waals surface area contributed by atoms with Crippen LogP contribution in [0.15, 0.2) is 53.5 Å². The number of anilines is 2. The summed E-state index contributed by atoms with van der Waals surface area (Å²) in [5, 5.41) is 5.40. The van der Waals surface area contributed by atoms with E-state index in [4.69, 9.17) is 10.5 Å². The Morgan fingerprint density at radius 1 is 1.19 bits per heavy atom. The van der Waals surface area contributed by atoms with Gasteiger partial charge in [-0.15, -0.1) is 37.1 Å². The number of nitrogens with one attached hydrogen (secondary N) is 2. The predicted octanol–water partition coefficient (Wildman–Crippen LogP) is 4.25. The second kappa shape index (κ2) is 11.2. The summed E-state index contributed by atoms with van der Waals surface area (Å²) in [6, 6.07) is 12.5. The number of benzene rings is 2. The highest BCUT2D eigenvalue weighted by Crippen LogP contribution is 2.29. The molecule has 2 aromatic carbocycles. The second-order valence-corrected chi connectivity index (χ2v) is 6.56. The van der Waals surface area contributed by atoms with Crippen LogP contribution in [0.5, 0.6) is 5.75 Å². The molecule has 0 radical (unpaired) electrons. The average molecular weight is 550 g/mol. The fraction of sp³-hybridized carbons (Fsp3) is 0.300. The molecule has 1 saturated heterocycles.